The third kappa shape index (κ3) is 1.71. The van der Waals surface area contributed by atoms with Crippen LogP contribution in [0.1, 0.15) is 24.2 Å². The normalized spacial score (nSPS) is 14.9. The molecule has 84 valence electrons. The van der Waals surface area contributed by atoms with Crippen LogP contribution in [0.15, 0.2) is 18.2 Å². The van der Waals surface area contributed by atoms with Crippen LogP contribution in [-0.2, 0) is 4.79 Å². The van der Waals surface area contributed by atoms with Gasteiger partial charge in [-0.15, -0.1) is 0 Å². The summed E-state index contributed by atoms with van der Waals surface area (Å²) in [6.45, 7) is 4.54. The Morgan fingerprint density at radius 1 is 1.31 bits per heavy atom. The minimum Gasteiger partial charge on any atom is -0.304 e. The molecule has 0 unspecified atom stereocenters. The van der Waals surface area contributed by atoms with Crippen LogP contribution in [0.2, 0.25) is 5.02 Å². The fourth-order valence-electron chi connectivity index (χ4n) is 1.81. The van der Waals surface area contributed by atoms with E-state index in [2.05, 4.69) is 0 Å². The van der Waals surface area contributed by atoms with Gasteiger partial charge in [0.05, 0.1) is 11.3 Å². The maximum absolute atomic E-state index is 11.7. The van der Waals surface area contributed by atoms with Gasteiger partial charge in [-0.1, -0.05) is 25.4 Å². The van der Waals surface area contributed by atoms with Crippen LogP contribution in [0.3, 0.4) is 0 Å². The van der Waals surface area contributed by atoms with E-state index in [0.29, 0.717) is 28.7 Å². The van der Waals surface area contributed by atoms with Gasteiger partial charge in [-0.2, -0.15) is 0 Å². The van der Waals surface area contributed by atoms with E-state index in [1.807, 2.05) is 13.8 Å². The SMILES string of the molecule is CC(C)CN1C(=O)C(=O)c2ccc(Cl)cc21. The van der Waals surface area contributed by atoms with Crippen molar-refractivity contribution in [1.82, 2.24) is 0 Å². The van der Waals surface area contributed by atoms with Gasteiger partial charge < -0.3 is 4.90 Å². The fourth-order valence-corrected chi connectivity index (χ4v) is 1.98. The van der Waals surface area contributed by atoms with Crippen LogP contribution < -0.4 is 4.90 Å². The zero-order valence-corrected chi connectivity index (χ0v) is 9.91. The molecule has 0 N–H and O–H groups in total. The van der Waals surface area contributed by atoms with Crippen molar-refractivity contribution in [3.8, 4) is 0 Å². The van der Waals surface area contributed by atoms with Crippen molar-refractivity contribution in [2.75, 3.05) is 11.4 Å². The lowest BCUT2D eigenvalue weighted by Gasteiger charge is -2.18. The minimum atomic E-state index is -0.453. The summed E-state index contributed by atoms with van der Waals surface area (Å²) in [6.07, 6.45) is 0. The third-order valence-corrected chi connectivity index (χ3v) is 2.72. The number of anilines is 1. The molecule has 0 radical (unpaired) electrons. The summed E-state index contributed by atoms with van der Waals surface area (Å²) >= 11 is 5.87. The molecule has 2 rings (SSSR count). The molecule has 1 aliphatic rings. The van der Waals surface area contributed by atoms with Crippen LogP contribution in [-0.4, -0.2) is 18.2 Å². The minimum absolute atomic E-state index is 0.307. The maximum atomic E-state index is 11.7. The molecule has 16 heavy (non-hydrogen) atoms. The molecule has 1 aliphatic heterocycles. The number of ketones is 1. The number of rotatable bonds is 2. The summed E-state index contributed by atoms with van der Waals surface area (Å²) in [5, 5.41) is 0.537. The highest BCUT2D eigenvalue weighted by molar-refractivity contribution is 6.52. The summed E-state index contributed by atoms with van der Waals surface area (Å²) in [4.78, 5) is 24.9. The number of hydrogen-bond donors (Lipinski definition) is 0. The van der Waals surface area contributed by atoms with E-state index in [1.165, 1.54) is 4.90 Å². The molecule has 0 aromatic heterocycles. The summed E-state index contributed by atoms with van der Waals surface area (Å²) in [5.41, 5.74) is 1.09. The number of halogens is 1. The van der Waals surface area contributed by atoms with E-state index in [1.54, 1.807) is 18.2 Å². The molecule has 1 amide bonds. The Morgan fingerprint density at radius 3 is 2.62 bits per heavy atom. The van der Waals surface area contributed by atoms with Gasteiger partial charge in [-0.05, 0) is 24.1 Å². The van der Waals surface area contributed by atoms with E-state index in [0.717, 1.165) is 0 Å². The molecule has 0 atom stereocenters. The average molecular weight is 238 g/mol. The van der Waals surface area contributed by atoms with Crippen LogP contribution in [0.5, 0.6) is 0 Å². The predicted octanol–water partition coefficient (Wildman–Crippen LogP) is 2.53. The third-order valence-electron chi connectivity index (χ3n) is 2.48. The first-order valence-corrected chi connectivity index (χ1v) is 5.54. The van der Waals surface area contributed by atoms with E-state index < -0.39 is 11.7 Å². The molecule has 0 aliphatic carbocycles. The molecule has 1 heterocycles. The topological polar surface area (TPSA) is 37.4 Å². The molecule has 4 heteroatoms. The highest BCUT2D eigenvalue weighted by Crippen LogP contribution is 2.31. The molecule has 0 bridgehead atoms. The molecule has 1 aromatic rings. The first kappa shape index (κ1) is 11.1. The fraction of sp³-hybridized carbons (Fsp3) is 0.333. The van der Waals surface area contributed by atoms with Crippen molar-refractivity contribution in [3.05, 3.63) is 28.8 Å². The van der Waals surface area contributed by atoms with Gasteiger partial charge in [-0.25, -0.2) is 0 Å². The lowest BCUT2D eigenvalue weighted by atomic mass is 10.1. The Morgan fingerprint density at radius 2 is 2.00 bits per heavy atom. The van der Waals surface area contributed by atoms with Gasteiger partial charge in [0.15, 0.2) is 0 Å². The number of hydrogen-bond acceptors (Lipinski definition) is 2. The number of carbonyl (C=O) groups excluding carboxylic acids is 2. The van der Waals surface area contributed by atoms with Gasteiger partial charge in [0.2, 0.25) is 0 Å². The van der Waals surface area contributed by atoms with Crippen LogP contribution in [0.4, 0.5) is 5.69 Å². The Balaban J connectivity index is 2.47. The van der Waals surface area contributed by atoms with Crippen molar-refractivity contribution in [2.24, 2.45) is 5.92 Å². The molecule has 1 aromatic carbocycles. The van der Waals surface area contributed by atoms with E-state index in [4.69, 9.17) is 11.6 Å². The van der Waals surface area contributed by atoms with Gasteiger partial charge in [-0.3, -0.25) is 9.59 Å². The summed E-state index contributed by atoms with van der Waals surface area (Å²) in [6, 6.07) is 4.91. The Bertz CT molecular complexity index is 468. The molecule has 3 nitrogen and oxygen atoms in total. The number of fused-ring (bicyclic) bond motifs is 1. The van der Waals surface area contributed by atoms with Crippen molar-refractivity contribution >= 4 is 29.0 Å². The monoisotopic (exact) mass is 237 g/mol. The number of carbonyl (C=O) groups is 2. The quantitative estimate of drug-likeness (QED) is 0.742. The van der Waals surface area contributed by atoms with Gasteiger partial charge in [0.25, 0.3) is 11.7 Å². The van der Waals surface area contributed by atoms with Crippen molar-refractivity contribution in [3.63, 3.8) is 0 Å². The second-order valence-corrected chi connectivity index (χ2v) is 4.74. The predicted molar refractivity (Wildman–Crippen MR) is 63.0 cm³/mol. The van der Waals surface area contributed by atoms with E-state index in [9.17, 15) is 9.59 Å². The smallest absolute Gasteiger partial charge is 0.299 e. The summed E-state index contributed by atoms with van der Waals surface area (Å²) < 4.78 is 0. The Labute approximate surface area is 99.0 Å². The Kier molecular flexibility index (Phi) is 2.72. The summed E-state index contributed by atoms with van der Waals surface area (Å²) in [5.74, 6) is -0.583. The van der Waals surface area contributed by atoms with Crippen LogP contribution >= 0.6 is 11.6 Å². The Hall–Kier alpha value is -1.35. The van der Waals surface area contributed by atoms with E-state index >= 15 is 0 Å². The lowest BCUT2D eigenvalue weighted by Crippen LogP contribution is -2.32. The van der Waals surface area contributed by atoms with Crippen LogP contribution in [0.25, 0.3) is 0 Å². The molecule has 0 saturated carbocycles. The molecule has 0 fully saturated rings. The molecule has 0 saturated heterocycles. The number of benzene rings is 1. The number of amides is 1. The zero-order chi connectivity index (χ0) is 11.9. The maximum Gasteiger partial charge on any atom is 0.299 e. The van der Waals surface area contributed by atoms with Gasteiger partial charge in [0, 0.05) is 11.6 Å². The largest absolute Gasteiger partial charge is 0.304 e. The highest BCUT2D eigenvalue weighted by atomic mass is 35.5. The van der Waals surface area contributed by atoms with E-state index in [-0.39, 0.29) is 0 Å². The van der Waals surface area contributed by atoms with Crippen LogP contribution in [0, 0.1) is 5.92 Å². The average Bonchev–Trinajstić information content (AvgIpc) is 2.43. The van der Waals surface area contributed by atoms with Crippen molar-refractivity contribution in [2.45, 2.75) is 13.8 Å². The number of nitrogens with zero attached hydrogens (tertiary/aromatic N) is 1. The molecular formula is C12H12ClNO2. The second kappa shape index (κ2) is 3.91. The first-order chi connectivity index (χ1) is 7.50. The first-order valence-electron chi connectivity index (χ1n) is 5.16. The van der Waals surface area contributed by atoms with Gasteiger partial charge in [0.1, 0.15) is 0 Å². The second-order valence-electron chi connectivity index (χ2n) is 4.30. The molecular weight excluding hydrogens is 226 g/mol. The molecule has 0 spiro atoms. The number of Topliss-reactive ketones (excluding diaryl/α,β-unsaturated/α-hetero) is 1. The van der Waals surface area contributed by atoms with Gasteiger partial charge >= 0.3 is 0 Å². The van der Waals surface area contributed by atoms with Crippen molar-refractivity contribution in [1.29, 1.82) is 0 Å². The van der Waals surface area contributed by atoms with Crippen molar-refractivity contribution < 1.29 is 9.59 Å². The standard InChI is InChI=1S/C12H12ClNO2/c1-7(2)6-14-10-5-8(13)3-4-9(10)11(15)12(14)16/h3-5,7H,6H2,1-2H3. The highest BCUT2D eigenvalue weighted by Gasteiger charge is 2.35. The zero-order valence-electron chi connectivity index (χ0n) is 9.16. The lowest BCUT2D eigenvalue weighted by molar-refractivity contribution is -0.114. The summed E-state index contributed by atoms with van der Waals surface area (Å²) in [7, 11) is 0.